The summed E-state index contributed by atoms with van der Waals surface area (Å²) in [5.74, 6) is 1.37. The highest BCUT2D eigenvalue weighted by atomic mass is 32.2. The Hall–Kier alpha value is -0.0900. The Labute approximate surface area is 99.7 Å². The Balaban J connectivity index is 2.12. The van der Waals surface area contributed by atoms with E-state index in [9.17, 15) is 8.42 Å². The Kier molecular flexibility index (Phi) is 5.76. The van der Waals surface area contributed by atoms with E-state index in [1.54, 1.807) is 6.92 Å². The monoisotopic (exact) mass is 247 g/mol. The topological polar surface area (TPSA) is 60.2 Å². The molecule has 96 valence electrons. The van der Waals surface area contributed by atoms with Crippen LogP contribution in [0.4, 0.5) is 0 Å². The van der Waals surface area contributed by atoms with Crippen LogP contribution >= 0.6 is 0 Å². The average molecular weight is 247 g/mol. The molecule has 0 saturated heterocycles. The third-order valence-electron chi connectivity index (χ3n) is 3.58. The van der Waals surface area contributed by atoms with Gasteiger partial charge in [-0.15, -0.1) is 0 Å². The van der Waals surface area contributed by atoms with Gasteiger partial charge in [0.2, 0.25) is 0 Å². The zero-order valence-corrected chi connectivity index (χ0v) is 11.1. The summed E-state index contributed by atoms with van der Waals surface area (Å²) < 4.78 is 22.6. The van der Waals surface area contributed by atoms with E-state index < -0.39 is 9.84 Å². The van der Waals surface area contributed by atoms with E-state index in [1.165, 1.54) is 25.7 Å². The number of hydrogen-bond acceptors (Lipinski definition) is 3. The smallest absolute Gasteiger partial charge is 0.150 e. The van der Waals surface area contributed by atoms with Crippen LogP contribution in [0.15, 0.2) is 0 Å². The fourth-order valence-electron chi connectivity index (χ4n) is 2.50. The molecule has 0 aromatic heterocycles. The van der Waals surface area contributed by atoms with E-state index in [-0.39, 0.29) is 11.8 Å². The first-order chi connectivity index (χ1) is 7.53. The highest BCUT2D eigenvalue weighted by Gasteiger charge is 2.18. The summed E-state index contributed by atoms with van der Waals surface area (Å²) in [6.07, 6.45) is 8.01. The summed E-state index contributed by atoms with van der Waals surface area (Å²) in [6.45, 7) is 1.70. The maximum Gasteiger partial charge on any atom is 0.150 e. The van der Waals surface area contributed by atoms with Crippen LogP contribution in [-0.4, -0.2) is 26.0 Å². The van der Waals surface area contributed by atoms with Gasteiger partial charge in [-0.25, -0.2) is 8.42 Å². The van der Waals surface area contributed by atoms with Crippen molar-refractivity contribution in [2.75, 3.05) is 11.5 Å². The summed E-state index contributed by atoms with van der Waals surface area (Å²) in [7, 11) is -2.80. The molecule has 0 aromatic carbocycles. The van der Waals surface area contributed by atoms with Crippen LogP contribution in [0.5, 0.6) is 0 Å². The van der Waals surface area contributed by atoms with Gasteiger partial charge >= 0.3 is 0 Å². The minimum absolute atomic E-state index is 0.204. The lowest BCUT2D eigenvalue weighted by molar-refractivity contribution is 0.425. The van der Waals surface area contributed by atoms with Crippen molar-refractivity contribution in [1.82, 2.24) is 0 Å². The lowest BCUT2D eigenvalue weighted by Gasteiger charge is -2.15. The summed E-state index contributed by atoms with van der Waals surface area (Å²) in [5, 5.41) is 0. The Morgan fingerprint density at radius 3 is 2.50 bits per heavy atom. The molecule has 16 heavy (non-hydrogen) atoms. The average Bonchev–Trinajstić information content (AvgIpc) is 2.70. The van der Waals surface area contributed by atoms with Crippen LogP contribution in [0.3, 0.4) is 0 Å². The number of nitrogens with two attached hydrogens (primary N) is 1. The second-order valence-electron chi connectivity index (χ2n) is 5.02. The molecule has 0 heterocycles. The van der Waals surface area contributed by atoms with Crippen molar-refractivity contribution in [1.29, 1.82) is 0 Å². The molecule has 0 amide bonds. The summed E-state index contributed by atoms with van der Waals surface area (Å²) >= 11 is 0. The highest BCUT2D eigenvalue weighted by Crippen LogP contribution is 2.28. The molecule has 3 nitrogen and oxygen atoms in total. The fraction of sp³-hybridized carbons (Fsp3) is 1.00. The van der Waals surface area contributed by atoms with Crippen molar-refractivity contribution in [2.24, 2.45) is 11.7 Å². The number of rotatable bonds is 7. The molecule has 1 atom stereocenters. The van der Waals surface area contributed by atoms with Gasteiger partial charge < -0.3 is 5.73 Å². The van der Waals surface area contributed by atoms with Crippen LogP contribution in [-0.2, 0) is 9.84 Å². The van der Waals surface area contributed by atoms with Gasteiger partial charge in [-0.05, 0) is 25.2 Å². The van der Waals surface area contributed by atoms with Gasteiger partial charge in [0.25, 0.3) is 0 Å². The van der Waals surface area contributed by atoms with Crippen LogP contribution in [0.1, 0.15) is 51.9 Å². The van der Waals surface area contributed by atoms with Gasteiger partial charge in [-0.3, -0.25) is 0 Å². The minimum atomic E-state index is -2.80. The second kappa shape index (κ2) is 6.60. The van der Waals surface area contributed by atoms with Gasteiger partial charge in [-0.1, -0.05) is 32.6 Å². The Morgan fingerprint density at radius 2 is 1.94 bits per heavy atom. The third-order valence-corrected chi connectivity index (χ3v) is 5.37. The minimum Gasteiger partial charge on any atom is -0.328 e. The molecule has 4 heteroatoms. The maximum atomic E-state index is 11.3. The van der Waals surface area contributed by atoms with E-state index >= 15 is 0 Å². The van der Waals surface area contributed by atoms with Crippen LogP contribution in [0.25, 0.3) is 0 Å². The van der Waals surface area contributed by atoms with Crippen molar-refractivity contribution < 1.29 is 8.42 Å². The normalized spacial score (nSPS) is 20.1. The zero-order chi connectivity index (χ0) is 12.0. The van der Waals surface area contributed by atoms with E-state index in [2.05, 4.69) is 0 Å². The number of hydrogen-bond donors (Lipinski definition) is 1. The van der Waals surface area contributed by atoms with E-state index in [4.69, 9.17) is 5.73 Å². The Morgan fingerprint density at radius 1 is 1.31 bits per heavy atom. The Bertz CT molecular complexity index is 281. The van der Waals surface area contributed by atoms with Gasteiger partial charge in [0.1, 0.15) is 9.84 Å². The lowest BCUT2D eigenvalue weighted by atomic mass is 9.96. The first-order valence-electron chi connectivity index (χ1n) is 6.49. The molecule has 1 aliphatic rings. The predicted molar refractivity (Wildman–Crippen MR) is 68.1 cm³/mol. The maximum absolute atomic E-state index is 11.3. The van der Waals surface area contributed by atoms with Crippen molar-refractivity contribution in [3.05, 3.63) is 0 Å². The summed E-state index contributed by atoms with van der Waals surface area (Å²) in [6, 6.07) is 0.204. The van der Waals surface area contributed by atoms with Gasteiger partial charge in [-0.2, -0.15) is 0 Å². The standard InChI is InChI=1S/C12H25NO2S/c1-2-16(14,15)9-5-8-12(13)10-11-6-3-4-7-11/h11-12H,2-10,13H2,1H3. The summed E-state index contributed by atoms with van der Waals surface area (Å²) in [4.78, 5) is 0. The molecule has 1 saturated carbocycles. The van der Waals surface area contributed by atoms with E-state index in [0.717, 1.165) is 25.2 Å². The molecule has 0 radical (unpaired) electrons. The lowest BCUT2D eigenvalue weighted by Crippen LogP contribution is -2.24. The van der Waals surface area contributed by atoms with Crippen LogP contribution in [0, 0.1) is 5.92 Å². The second-order valence-corrected chi connectivity index (χ2v) is 7.50. The van der Waals surface area contributed by atoms with E-state index in [0.29, 0.717) is 5.75 Å². The molecule has 0 aliphatic heterocycles. The van der Waals surface area contributed by atoms with Gasteiger partial charge in [0.15, 0.2) is 0 Å². The van der Waals surface area contributed by atoms with Gasteiger partial charge in [0, 0.05) is 11.8 Å². The molecular weight excluding hydrogens is 222 g/mol. The number of sulfone groups is 1. The molecule has 2 N–H and O–H groups in total. The SMILES string of the molecule is CCS(=O)(=O)CCCC(N)CC1CCCC1. The van der Waals surface area contributed by atoms with Crippen LogP contribution in [0.2, 0.25) is 0 Å². The van der Waals surface area contributed by atoms with Crippen LogP contribution < -0.4 is 5.73 Å². The molecule has 1 unspecified atom stereocenters. The summed E-state index contributed by atoms with van der Waals surface area (Å²) in [5.41, 5.74) is 6.03. The first kappa shape index (κ1) is 14.0. The van der Waals surface area contributed by atoms with Gasteiger partial charge in [0.05, 0.1) is 5.75 Å². The molecule has 0 bridgehead atoms. The van der Waals surface area contributed by atoms with E-state index in [1.807, 2.05) is 0 Å². The van der Waals surface area contributed by atoms with Crippen molar-refractivity contribution in [3.8, 4) is 0 Å². The largest absolute Gasteiger partial charge is 0.328 e. The molecule has 0 aromatic rings. The van der Waals surface area contributed by atoms with Crippen molar-refractivity contribution >= 4 is 9.84 Å². The fourth-order valence-corrected chi connectivity index (χ4v) is 3.40. The molecule has 1 fully saturated rings. The molecular formula is C12H25NO2S. The molecule has 0 spiro atoms. The molecule has 1 rings (SSSR count). The highest BCUT2D eigenvalue weighted by molar-refractivity contribution is 7.91. The third kappa shape index (κ3) is 5.30. The molecule has 1 aliphatic carbocycles. The zero-order valence-electron chi connectivity index (χ0n) is 10.3. The predicted octanol–water partition coefficient (Wildman–Crippen LogP) is 2.11. The van der Waals surface area contributed by atoms with Crippen molar-refractivity contribution in [2.45, 2.75) is 57.9 Å². The quantitative estimate of drug-likeness (QED) is 0.749. The first-order valence-corrected chi connectivity index (χ1v) is 8.31. The van der Waals surface area contributed by atoms with Crippen molar-refractivity contribution in [3.63, 3.8) is 0 Å².